The first-order chi connectivity index (χ1) is 14.6. The van der Waals surface area contributed by atoms with Crippen LogP contribution in [0.5, 0.6) is 17.2 Å². The lowest BCUT2D eigenvalue weighted by atomic mass is 10.1. The zero-order chi connectivity index (χ0) is 21.7. The monoisotopic (exact) mass is 408 g/mol. The average molecular weight is 408 g/mol. The van der Waals surface area contributed by atoms with Crippen molar-refractivity contribution in [1.82, 2.24) is 15.0 Å². The fourth-order valence-corrected chi connectivity index (χ4v) is 3.09. The van der Waals surface area contributed by atoms with E-state index in [1.165, 1.54) is 27.5 Å². The van der Waals surface area contributed by atoms with E-state index in [4.69, 9.17) is 14.2 Å². The summed E-state index contributed by atoms with van der Waals surface area (Å²) in [6.07, 6.45) is 8.86. The standard InChI is InChI=1S/C22H24N4O4/c1-6-8-14-15(7-2)23-11-16(14)25-22-24-12-17(26-22)20(27)13-9-18(28-3)21(30-5)19(10-13)29-4/h6-12,23H,1H2,2-5H3,(H2,24,25,26)/b14-8+,15-7+. The highest BCUT2D eigenvalue weighted by Crippen LogP contribution is 2.38. The third kappa shape index (κ3) is 3.93. The molecule has 0 aliphatic heterocycles. The third-order valence-electron chi connectivity index (χ3n) is 4.53. The van der Waals surface area contributed by atoms with Crippen LogP contribution in [0.3, 0.4) is 0 Å². The number of ether oxygens (including phenoxy) is 3. The van der Waals surface area contributed by atoms with E-state index in [2.05, 4.69) is 26.8 Å². The lowest BCUT2D eigenvalue weighted by molar-refractivity contribution is 0.103. The summed E-state index contributed by atoms with van der Waals surface area (Å²) in [6.45, 7) is 5.69. The van der Waals surface area contributed by atoms with E-state index in [1.54, 1.807) is 18.2 Å². The molecule has 0 aliphatic carbocycles. The van der Waals surface area contributed by atoms with E-state index in [0.717, 1.165) is 16.3 Å². The molecule has 2 aromatic heterocycles. The van der Waals surface area contributed by atoms with E-state index in [-0.39, 0.29) is 5.78 Å². The molecule has 0 atom stereocenters. The van der Waals surface area contributed by atoms with Gasteiger partial charge in [0.25, 0.3) is 0 Å². The second kappa shape index (κ2) is 9.04. The van der Waals surface area contributed by atoms with Crippen molar-refractivity contribution in [1.29, 1.82) is 0 Å². The van der Waals surface area contributed by atoms with Crippen LogP contribution in [-0.2, 0) is 0 Å². The molecule has 1 aromatic carbocycles. The molecule has 3 N–H and O–H groups in total. The van der Waals surface area contributed by atoms with Crippen LogP contribution < -0.4 is 30.1 Å². The number of nitrogens with one attached hydrogen (secondary N) is 3. The smallest absolute Gasteiger partial charge is 0.211 e. The average Bonchev–Trinajstić information content (AvgIpc) is 3.39. The predicted molar refractivity (Wildman–Crippen MR) is 116 cm³/mol. The van der Waals surface area contributed by atoms with Crippen molar-refractivity contribution < 1.29 is 19.0 Å². The van der Waals surface area contributed by atoms with Crippen LogP contribution in [-0.4, -0.2) is 42.1 Å². The lowest BCUT2D eigenvalue weighted by Gasteiger charge is -2.13. The minimum Gasteiger partial charge on any atom is -0.493 e. The first kappa shape index (κ1) is 20.8. The number of nitrogens with zero attached hydrogens (tertiary/aromatic N) is 1. The van der Waals surface area contributed by atoms with Gasteiger partial charge in [-0.1, -0.05) is 24.8 Å². The Morgan fingerprint density at radius 3 is 2.43 bits per heavy atom. The summed E-state index contributed by atoms with van der Waals surface area (Å²) >= 11 is 0. The summed E-state index contributed by atoms with van der Waals surface area (Å²) in [5, 5.41) is 5.09. The molecule has 30 heavy (non-hydrogen) atoms. The first-order valence-corrected chi connectivity index (χ1v) is 9.19. The van der Waals surface area contributed by atoms with Gasteiger partial charge in [0, 0.05) is 22.3 Å². The van der Waals surface area contributed by atoms with Gasteiger partial charge in [0.15, 0.2) is 11.5 Å². The van der Waals surface area contributed by atoms with Crippen LogP contribution in [0, 0.1) is 0 Å². The number of aromatic nitrogens is 3. The molecule has 2 heterocycles. The molecule has 3 rings (SSSR count). The molecule has 0 aliphatic rings. The first-order valence-electron chi connectivity index (χ1n) is 9.19. The van der Waals surface area contributed by atoms with Crippen molar-refractivity contribution in [2.24, 2.45) is 0 Å². The van der Waals surface area contributed by atoms with E-state index >= 15 is 0 Å². The molecule has 0 saturated carbocycles. The molecular formula is C22H24N4O4. The van der Waals surface area contributed by atoms with Crippen LogP contribution in [0.4, 0.5) is 11.6 Å². The molecule has 0 radical (unpaired) electrons. The van der Waals surface area contributed by atoms with E-state index in [9.17, 15) is 4.79 Å². The van der Waals surface area contributed by atoms with Gasteiger partial charge < -0.3 is 29.5 Å². The summed E-state index contributed by atoms with van der Waals surface area (Å²) in [4.78, 5) is 23.4. The predicted octanol–water partition coefficient (Wildman–Crippen LogP) is 2.51. The van der Waals surface area contributed by atoms with Crippen LogP contribution in [0.1, 0.15) is 23.0 Å². The number of H-pyrrole nitrogens is 2. The Hall–Kier alpha value is -3.94. The van der Waals surface area contributed by atoms with Gasteiger partial charge in [-0.3, -0.25) is 4.79 Å². The Morgan fingerprint density at radius 2 is 1.87 bits per heavy atom. The number of allylic oxidation sites excluding steroid dienone is 1. The zero-order valence-electron chi connectivity index (χ0n) is 17.3. The number of rotatable bonds is 8. The Kier molecular flexibility index (Phi) is 6.26. The largest absolute Gasteiger partial charge is 0.493 e. The highest BCUT2D eigenvalue weighted by atomic mass is 16.5. The summed E-state index contributed by atoms with van der Waals surface area (Å²) in [5.41, 5.74) is 1.51. The summed E-state index contributed by atoms with van der Waals surface area (Å²) < 4.78 is 16.0. The van der Waals surface area contributed by atoms with Crippen molar-refractivity contribution >= 4 is 29.6 Å². The van der Waals surface area contributed by atoms with Gasteiger partial charge in [-0.2, -0.15) is 0 Å². The van der Waals surface area contributed by atoms with E-state index in [0.29, 0.717) is 34.5 Å². The Balaban J connectivity index is 1.92. The maximum atomic E-state index is 13.0. The number of methoxy groups -OCH3 is 3. The summed E-state index contributed by atoms with van der Waals surface area (Å²) in [6, 6.07) is 3.20. The normalized spacial score (nSPS) is 12.0. The number of benzene rings is 1. The van der Waals surface area contributed by atoms with E-state index in [1.807, 2.05) is 25.3 Å². The Bertz CT molecular complexity index is 1170. The third-order valence-corrected chi connectivity index (χ3v) is 4.53. The van der Waals surface area contributed by atoms with Gasteiger partial charge in [0.2, 0.25) is 17.5 Å². The molecule has 0 amide bonds. The van der Waals surface area contributed by atoms with Crippen LogP contribution in [0.15, 0.2) is 37.2 Å². The van der Waals surface area contributed by atoms with Gasteiger partial charge >= 0.3 is 0 Å². The number of hydrogen-bond donors (Lipinski definition) is 3. The van der Waals surface area contributed by atoms with Gasteiger partial charge in [-0.15, -0.1) is 0 Å². The van der Waals surface area contributed by atoms with Crippen molar-refractivity contribution in [3.63, 3.8) is 0 Å². The molecule has 0 saturated heterocycles. The number of ketones is 1. The number of aromatic amines is 2. The van der Waals surface area contributed by atoms with Gasteiger partial charge in [-0.25, -0.2) is 4.98 Å². The van der Waals surface area contributed by atoms with Crippen molar-refractivity contribution in [3.05, 3.63) is 59.0 Å². The van der Waals surface area contributed by atoms with E-state index < -0.39 is 0 Å². The van der Waals surface area contributed by atoms with Crippen molar-refractivity contribution in [2.45, 2.75) is 6.92 Å². The fourth-order valence-electron chi connectivity index (χ4n) is 3.09. The molecule has 156 valence electrons. The molecule has 0 fully saturated rings. The highest BCUT2D eigenvalue weighted by molar-refractivity contribution is 6.08. The number of imidazole rings is 1. The lowest BCUT2D eigenvalue weighted by Crippen LogP contribution is -2.23. The SMILES string of the molecule is C=C/C=c1/c(Nc2ncc(C(=O)c3cc(OC)c(OC)c(OC)c3)[nH]2)c[nH]/c1=C/C. The molecule has 8 heteroatoms. The van der Waals surface area contributed by atoms with Crippen LogP contribution >= 0.6 is 0 Å². The minimum atomic E-state index is -0.260. The number of anilines is 2. The quantitative estimate of drug-likeness (QED) is 0.495. The fraction of sp³-hybridized carbons (Fsp3) is 0.182. The van der Waals surface area contributed by atoms with Crippen molar-refractivity contribution in [2.75, 3.05) is 26.6 Å². The molecule has 0 bridgehead atoms. The van der Waals surface area contributed by atoms with Crippen molar-refractivity contribution in [3.8, 4) is 17.2 Å². The van der Waals surface area contributed by atoms with Gasteiger partial charge in [0.1, 0.15) is 5.69 Å². The number of carbonyl (C=O) groups excluding carboxylic acids is 1. The van der Waals surface area contributed by atoms with Gasteiger partial charge in [-0.05, 0) is 19.1 Å². The molecule has 8 nitrogen and oxygen atoms in total. The summed E-state index contributed by atoms with van der Waals surface area (Å²) in [7, 11) is 4.51. The molecular weight excluding hydrogens is 384 g/mol. The Labute approximate surface area is 173 Å². The van der Waals surface area contributed by atoms with Gasteiger partial charge in [0.05, 0.1) is 33.2 Å². The number of carbonyl (C=O) groups is 1. The maximum absolute atomic E-state index is 13.0. The second-order valence-electron chi connectivity index (χ2n) is 6.23. The van der Waals surface area contributed by atoms with Crippen LogP contribution in [0.25, 0.3) is 12.2 Å². The maximum Gasteiger partial charge on any atom is 0.211 e. The molecule has 0 unspecified atom stereocenters. The van der Waals surface area contributed by atoms with Crippen LogP contribution in [0.2, 0.25) is 0 Å². The molecule has 0 spiro atoms. The summed E-state index contributed by atoms with van der Waals surface area (Å²) in [5.74, 6) is 1.40. The zero-order valence-corrected chi connectivity index (χ0v) is 17.3. The second-order valence-corrected chi connectivity index (χ2v) is 6.23. The topological polar surface area (TPSA) is 101 Å². The highest BCUT2D eigenvalue weighted by Gasteiger charge is 2.19. The minimum absolute atomic E-state index is 0.260. The number of hydrogen-bond acceptors (Lipinski definition) is 6. The Morgan fingerprint density at radius 1 is 1.17 bits per heavy atom. The molecule has 3 aromatic rings.